The molecule has 1 atom stereocenters. The van der Waals surface area contributed by atoms with Gasteiger partial charge in [-0.3, -0.25) is 0 Å². The highest BCUT2D eigenvalue weighted by Gasteiger charge is 2.35. The Morgan fingerprint density at radius 3 is 2.75 bits per heavy atom. The summed E-state index contributed by atoms with van der Waals surface area (Å²) in [5.41, 5.74) is -1.76. The summed E-state index contributed by atoms with van der Waals surface area (Å²) in [5, 5.41) is 11.7. The lowest BCUT2D eigenvalue weighted by molar-refractivity contribution is -0.138. The number of carbonyl (C=O) groups excluding carboxylic acids is 1. The van der Waals surface area contributed by atoms with Gasteiger partial charge in [0.1, 0.15) is 5.60 Å². The number of anilines is 1. The first-order valence-electron chi connectivity index (χ1n) is 9.04. The number of nitriles is 1. The number of carbonyl (C=O) groups is 1. The molecule has 0 saturated carbocycles. The molecule has 1 fully saturated rings. The van der Waals surface area contributed by atoms with Gasteiger partial charge in [0.05, 0.1) is 17.3 Å². The van der Waals surface area contributed by atoms with Gasteiger partial charge in [0.25, 0.3) is 0 Å². The van der Waals surface area contributed by atoms with Crippen molar-refractivity contribution in [3.63, 3.8) is 0 Å². The quantitative estimate of drug-likeness (QED) is 0.829. The minimum Gasteiger partial charge on any atom is -0.444 e. The van der Waals surface area contributed by atoms with Crippen LogP contribution in [0.15, 0.2) is 6.20 Å². The average molecular weight is 399 g/mol. The maximum Gasteiger partial charge on any atom is 0.419 e. The molecule has 1 aromatic heterocycles. The molecule has 1 aliphatic heterocycles. The van der Waals surface area contributed by atoms with E-state index in [1.165, 1.54) is 0 Å². The van der Waals surface area contributed by atoms with Crippen molar-refractivity contribution >= 4 is 12.0 Å². The van der Waals surface area contributed by atoms with Gasteiger partial charge in [-0.2, -0.15) is 18.4 Å². The summed E-state index contributed by atoms with van der Waals surface area (Å²) in [4.78, 5) is 21.5. The number of nitrogens with zero attached hydrogens (tertiary/aromatic N) is 4. The Hall–Kier alpha value is -2.57. The molecule has 154 valence electrons. The van der Waals surface area contributed by atoms with E-state index < -0.39 is 23.4 Å². The van der Waals surface area contributed by atoms with Crippen molar-refractivity contribution in [3.8, 4) is 6.07 Å². The molecule has 0 spiro atoms. The van der Waals surface area contributed by atoms with Crippen molar-refractivity contribution in [2.45, 2.75) is 64.3 Å². The zero-order valence-electron chi connectivity index (χ0n) is 16.1. The maximum atomic E-state index is 13.1. The number of aromatic nitrogens is 2. The second-order valence-electron chi connectivity index (χ2n) is 7.62. The summed E-state index contributed by atoms with van der Waals surface area (Å²) in [7, 11) is 0. The first kappa shape index (κ1) is 21.7. The standard InChI is InChI=1S/C18H24F3N5O2/c1-17(2,3)28-16(27)26-9-5-6-12(11-26)24-15-23-10-13(18(19,20)21)14(25-15)7-4-8-22/h10,12H,4-7,9,11H2,1-3H3,(H,23,24,25)/t12-/m0/s1. The molecule has 1 N–H and O–H groups in total. The van der Waals surface area contributed by atoms with Gasteiger partial charge in [-0.05, 0) is 33.6 Å². The van der Waals surface area contributed by atoms with Crippen LogP contribution in [0.1, 0.15) is 51.3 Å². The Morgan fingerprint density at radius 2 is 2.14 bits per heavy atom. The van der Waals surface area contributed by atoms with Crippen molar-refractivity contribution in [1.82, 2.24) is 14.9 Å². The van der Waals surface area contributed by atoms with Crippen LogP contribution in [0.5, 0.6) is 0 Å². The number of likely N-dealkylation sites (tertiary alicyclic amines) is 1. The first-order valence-corrected chi connectivity index (χ1v) is 9.04. The number of nitrogens with one attached hydrogen (secondary N) is 1. The summed E-state index contributed by atoms with van der Waals surface area (Å²) in [5.74, 6) is 0.0528. The van der Waals surface area contributed by atoms with E-state index in [1.807, 2.05) is 6.07 Å². The van der Waals surface area contributed by atoms with Crippen LogP contribution in [-0.4, -0.2) is 45.7 Å². The second-order valence-corrected chi connectivity index (χ2v) is 7.62. The number of hydrogen-bond acceptors (Lipinski definition) is 6. The Bertz CT molecular complexity index is 740. The number of rotatable bonds is 4. The Balaban J connectivity index is 2.10. The van der Waals surface area contributed by atoms with Crippen molar-refractivity contribution < 1.29 is 22.7 Å². The van der Waals surface area contributed by atoms with Crippen LogP contribution in [0.4, 0.5) is 23.9 Å². The zero-order chi connectivity index (χ0) is 20.9. The molecule has 0 unspecified atom stereocenters. The highest BCUT2D eigenvalue weighted by molar-refractivity contribution is 5.68. The lowest BCUT2D eigenvalue weighted by Gasteiger charge is -2.34. The fraction of sp³-hybridized carbons (Fsp3) is 0.667. The second kappa shape index (κ2) is 8.63. The van der Waals surface area contributed by atoms with Gasteiger partial charge in [-0.1, -0.05) is 0 Å². The molecule has 1 aliphatic rings. The molecule has 2 rings (SSSR count). The Morgan fingerprint density at radius 1 is 1.43 bits per heavy atom. The number of aryl methyl sites for hydroxylation is 1. The normalized spacial score (nSPS) is 17.8. The number of piperidine rings is 1. The molecule has 0 aliphatic carbocycles. The molecule has 7 nitrogen and oxygen atoms in total. The average Bonchev–Trinajstić information content (AvgIpc) is 2.58. The van der Waals surface area contributed by atoms with Crippen LogP contribution in [0.2, 0.25) is 0 Å². The van der Waals surface area contributed by atoms with Crippen molar-refractivity contribution in [3.05, 3.63) is 17.5 Å². The highest BCUT2D eigenvalue weighted by atomic mass is 19.4. The third-order valence-electron chi connectivity index (χ3n) is 4.05. The SMILES string of the molecule is CC(C)(C)OC(=O)N1CCC[C@H](Nc2ncc(C(F)(F)F)c(CCC#N)n2)C1. The van der Waals surface area contributed by atoms with Gasteiger partial charge in [-0.25, -0.2) is 14.8 Å². The molecule has 10 heteroatoms. The van der Waals surface area contributed by atoms with Crippen molar-refractivity contribution in [2.75, 3.05) is 18.4 Å². The minimum absolute atomic E-state index is 0.0528. The Labute approximate surface area is 161 Å². The van der Waals surface area contributed by atoms with E-state index in [1.54, 1.807) is 25.7 Å². The number of alkyl halides is 3. The molecule has 1 aromatic rings. The lowest BCUT2D eigenvalue weighted by Crippen LogP contribution is -2.47. The predicted octanol–water partition coefficient (Wildman–Crippen LogP) is 3.76. The van der Waals surface area contributed by atoms with Crippen LogP contribution in [0.25, 0.3) is 0 Å². The molecule has 1 saturated heterocycles. The van der Waals surface area contributed by atoms with E-state index in [0.717, 1.165) is 19.0 Å². The van der Waals surface area contributed by atoms with Gasteiger partial charge in [0.15, 0.2) is 0 Å². The Kier molecular flexibility index (Phi) is 6.69. The van der Waals surface area contributed by atoms with E-state index in [-0.39, 0.29) is 30.5 Å². The molecular weight excluding hydrogens is 375 g/mol. The summed E-state index contributed by atoms with van der Waals surface area (Å²) in [6.45, 7) is 6.23. The number of halogens is 3. The number of ether oxygens (including phenoxy) is 1. The molecular formula is C18H24F3N5O2. The van der Waals surface area contributed by atoms with Gasteiger partial charge < -0.3 is 15.0 Å². The van der Waals surface area contributed by atoms with Crippen LogP contribution in [0.3, 0.4) is 0 Å². The molecule has 28 heavy (non-hydrogen) atoms. The molecule has 0 radical (unpaired) electrons. The summed E-state index contributed by atoms with van der Waals surface area (Å²) in [6, 6.07) is 1.62. The largest absolute Gasteiger partial charge is 0.444 e. The van der Waals surface area contributed by atoms with Crippen LogP contribution < -0.4 is 5.32 Å². The number of hydrogen-bond donors (Lipinski definition) is 1. The topological polar surface area (TPSA) is 91.1 Å². The molecule has 2 heterocycles. The van der Waals surface area contributed by atoms with Crippen molar-refractivity contribution in [1.29, 1.82) is 5.26 Å². The van der Waals surface area contributed by atoms with Gasteiger partial charge in [-0.15, -0.1) is 0 Å². The lowest BCUT2D eigenvalue weighted by atomic mass is 10.1. The van der Waals surface area contributed by atoms with E-state index in [4.69, 9.17) is 10.00 Å². The number of amides is 1. The molecule has 1 amide bonds. The first-order chi connectivity index (χ1) is 13.0. The molecule has 0 aromatic carbocycles. The fourth-order valence-electron chi connectivity index (χ4n) is 2.86. The van der Waals surface area contributed by atoms with Gasteiger partial charge >= 0.3 is 12.3 Å². The predicted molar refractivity (Wildman–Crippen MR) is 95.4 cm³/mol. The fourth-order valence-corrected chi connectivity index (χ4v) is 2.86. The third-order valence-corrected chi connectivity index (χ3v) is 4.05. The highest BCUT2D eigenvalue weighted by Crippen LogP contribution is 2.32. The van der Waals surface area contributed by atoms with Crippen LogP contribution in [-0.2, 0) is 17.3 Å². The minimum atomic E-state index is -4.58. The zero-order valence-corrected chi connectivity index (χ0v) is 16.1. The van der Waals surface area contributed by atoms with Gasteiger partial charge in [0.2, 0.25) is 5.95 Å². The van der Waals surface area contributed by atoms with Crippen LogP contribution >= 0.6 is 0 Å². The summed E-state index contributed by atoms with van der Waals surface area (Å²) < 4.78 is 44.7. The van der Waals surface area contributed by atoms with E-state index in [9.17, 15) is 18.0 Å². The van der Waals surface area contributed by atoms with E-state index >= 15 is 0 Å². The van der Waals surface area contributed by atoms with Crippen LogP contribution in [0, 0.1) is 11.3 Å². The maximum absolute atomic E-state index is 13.1. The molecule has 0 bridgehead atoms. The van der Waals surface area contributed by atoms with E-state index in [2.05, 4.69) is 15.3 Å². The smallest absolute Gasteiger partial charge is 0.419 e. The summed E-state index contributed by atoms with van der Waals surface area (Å²) >= 11 is 0. The third kappa shape index (κ3) is 6.25. The monoisotopic (exact) mass is 399 g/mol. The van der Waals surface area contributed by atoms with E-state index in [0.29, 0.717) is 13.1 Å². The van der Waals surface area contributed by atoms with Gasteiger partial charge in [0, 0.05) is 38.2 Å². The summed E-state index contributed by atoms with van der Waals surface area (Å²) in [6.07, 6.45) is -3.03. The van der Waals surface area contributed by atoms with Crippen molar-refractivity contribution in [2.24, 2.45) is 0 Å².